The topological polar surface area (TPSA) is 38.3 Å². The van der Waals surface area contributed by atoms with E-state index in [9.17, 15) is 4.79 Å². The lowest BCUT2D eigenvalue weighted by molar-refractivity contribution is -0.112. The van der Waals surface area contributed by atoms with Gasteiger partial charge in [-0.1, -0.05) is 43.3 Å². The number of nitrogens with one attached hydrogen (secondary N) is 1. The fourth-order valence-electron chi connectivity index (χ4n) is 1.88. The largest absolute Gasteiger partial charge is 0.465 e. The van der Waals surface area contributed by atoms with Crippen molar-refractivity contribution in [1.82, 2.24) is 0 Å². The third-order valence-electron chi connectivity index (χ3n) is 3.12. The van der Waals surface area contributed by atoms with Gasteiger partial charge >= 0.3 is 0 Å². The van der Waals surface area contributed by atoms with Gasteiger partial charge in [0.1, 0.15) is 5.75 Å². The van der Waals surface area contributed by atoms with Crippen molar-refractivity contribution in [2.24, 2.45) is 0 Å². The molecule has 2 aromatic rings. The maximum absolute atomic E-state index is 12.1. The van der Waals surface area contributed by atoms with Crippen molar-refractivity contribution in [3.05, 3.63) is 72.0 Å². The van der Waals surface area contributed by atoms with Gasteiger partial charge in [-0.05, 0) is 37.1 Å². The van der Waals surface area contributed by atoms with Crippen LogP contribution in [0.1, 0.15) is 19.4 Å². The molecule has 3 heteroatoms. The molecule has 0 saturated heterocycles. The molecule has 21 heavy (non-hydrogen) atoms. The number of benzene rings is 2. The molecule has 0 saturated carbocycles. The first-order valence-corrected chi connectivity index (χ1v) is 6.98. The fraction of sp³-hybridized carbons (Fsp3) is 0.167. The van der Waals surface area contributed by atoms with Crippen molar-refractivity contribution in [3.8, 4) is 5.75 Å². The van der Waals surface area contributed by atoms with E-state index in [0.717, 1.165) is 17.7 Å². The number of hydrogen-bond acceptors (Lipinski definition) is 2. The predicted octanol–water partition coefficient (Wildman–Crippen LogP) is 4.17. The van der Waals surface area contributed by atoms with Crippen molar-refractivity contribution in [2.75, 3.05) is 5.32 Å². The van der Waals surface area contributed by atoms with E-state index in [1.54, 1.807) is 6.92 Å². The highest BCUT2D eigenvalue weighted by atomic mass is 16.5. The normalized spacial score (nSPS) is 11.0. The van der Waals surface area contributed by atoms with Gasteiger partial charge in [-0.25, -0.2) is 0 Å². The van der Waals surface area contributed by atoms with Crippen LogP contribution in [-0.2, 0) is 11.2 Å². The molecule has 0 aliphatic heterocycles. The van der Waals surface area contributed by atoms with E-state index in [2.05, 4.69) is 12.2 Å². The summed E-state index contributed by atoms with van der Waals surface area (Å²) in [7, 11) is 0. The summed E-state index contributed by atoms with van der Waals surface area (Å²) in [5.74, 6) is 0.547. The van der Waals surface area contributed by atoms with Crippen LogP contribution in [0.3, 0.4) is 0 Å². The van der Waals surface area contributed by atoms with Crippen molar-refractivity contribution >= 4 is 11.6 Å². The van der Waals surface area contributed by atoms with Crippen molar-refractivity contribution < 1.29 is 9.53 Å². The van der Waals surface area contributed by atoms with Gasteiger partial charge in [0, 0.05) is 11.3 Å². The Kier molecular flexibility index (Phi) is 5.16. The standard InChI is InChI=1S/C18H19NO2/c1-3-15-9-7-8-12-17(15)19-18(20)14(2)13-21-16-10-5-4-6-11-16/h4-13H,3H2,1-2H3,(H,19,20). The number of carbonyl (C=O) groups is 1. The fourth-order valence-corrected chi connectivity index (χ4v) is 1.88. The Balaban J connectivity index is 2.02. The molecule has 1 amide bonds. The first kappa shape index (κ1) is 14.9. The van der Waals surface area contributed by atoms with Crippen LogP contribution in [0.25, 0.3) is 0 Å². The lowest BCUT2D eigenvalue weighted by Crippen LogP contribution is -2.14. The molecule has 0 radical (unpaired) electrons. The summed E-state index contributed by atoms with van der Waals surface area (Å²) in [6, 6.07) is 17.2. The first-order chi connectivity index (χ1) is 10.2. The molecule has 1 N–H and O–H groups in total. The lowest BCUT2D eigenvalue weighted by Gasteiger charge is -2.10. The van der Waals surface area contributed by atoms with Crippen LogP contribution in [0.5, 0.6) is 5.75 Å². The van der Waals surface area contributed by atoms with Gasteiger partial charge in [-0.2, -0.15) is 0 Å². The molecule has 0 aromatic heterocycles. The summed E-state index contributed by atoms with van der Waals surface area (Å²) in [4.78, 5) is 12.1. The lowest BCUT2D eigenvalue weighted by atomic mass is 10.1. The summed E-state index contributed by atoms with van der Waals surface area (Å²) in [5, 5.41) is 2.91. The van der Waals surface area contributed by atoms with E-state index in [1.807, 2.05) is 54.6 Å². The van der Waals surface area contributed by atoms with Gasteiger partial charge in [0.15, 0.2) is 0 Å². The molecule has 108 valence electrons. The van der Waals surface area contributed by atoms with E-state index in [1.165, 1.54) is 6.26 Å². The third-order valence-corrected chi connectivity index (χ3v) is 3.12. The zero-order valence-electron chi connectivity index (χ0n) is 12.3. The van der Waals surface area contributed by atoms with Crippen LogP contribution in [0.15, 0.2) is 66.4 Å². The molecule has 0 aliphatic rings. The quantitative estimate of drug-likeness (QED) is 0.660. The molecular weight excluding hydrogens is 262 g/mol. The molecular formula is C18H19NO2. The van der Waals surface area contributed by atoms with Crippen LogP contribution in [0.2, 0.25) is 0 Å². The zero-order chi connectivity index (χ0) is 15.1. The Hall–Kier alpha value is -2.55. The molecule has 0 unspecified atom stereocenters. The highest BCUT2D eigenvalue weighted by Gasteiger charge is 2.07. The zero-order valence-corrected chi connectivity index (χ0v) is 12.3. The van der Waals surface area contributed by atoms with Crippen molar-refractivity contribution in [2.45, 2.75) is 20.3 Å². The van der Waals surface area contributed by atoms with Gasteiger partial charge < -0.3 is 10.1 Å². The van der Waals surface area contributed by atoms with Crippen LogP contribution in [-0.4, -0.2) is 5.91 Å². The summed E-state index contributed by atoms with van der Waals surface area (Å²) in [6.07, 6.45) is 2.35. The number of rotatable bonds is 5. The third kappa shape index (κ3) is 4.21. The van der Waals surface area contributed by atoms with Gasteiger partial charge in [-0.3, -0.25) is 4.79 Å². The molecule has 0 bridgehead atoms. The molecule has 2 rings (SSSR count). The van der Waals surface area contributed by atoms with Gasteiger partial charge in [-0.15, -0.1) is 0 Å². The maximum Gasteiger partial charge on any atom is 0.254 e. The van der Waals surface area contributed by atoms with E-state index >= 15 is 0 Å². The van der Waals surface area contributed by atoms with E-state index < -0.39 is 0 Å². The molecule has 3 nitrogen and oxygen atoms in total. The highest BCUT2D eigenvalue weighted by Crippen LogP contribution is 2.16. The molecule has 0 aliphatic carbocycles. The minimum Gasteiger partial charge on any atom is -0.465 e. The highest BCUT2D eigenvalue weighted by molar-refractivity contribution is 6.03. The number of amides is 1. The summed E-state index contributed by atoms with van der Waals surface area (Å²) in [6.45, 7) is 3.79. The van der Waals surface area contributed by atoms with Crippen LogP contribution >= 0.6 is 0 Å². The average Bonchev–Trinajstić information content (AvgIpc) is 2.54. The SMILES string of the molecule is CCc1ccccc1NC(=O)C(C)=COc1ccccc1. The van der Waals surface area contributed by atoms with E-state index in [4.69, 9.17) is 4.74 Å². The summed E-state index contributed by atoms with van der Waals surface area (Å²) in [5.41, 5.74) is 2.48. The number of anilines is 1. The first-order valence-electron chi connectivity index (χ1n) is 6.98. The second-order valence-electron chi connectivity index (χ2n) is 4.70. The second kappa shape index (κ2) is 7.29. The van der Waals surface area contributed by atoms with Gasteiger partial charge in [0.2, 0.25) is 0 Å². The minimum absolute atomic E-state index is 0.160. The van der Waals surface area contributed by atoms with Crippen LogP contribution in [0.4, 0.5) is 5.69 Å². The Bertz CT molecular complexity index is 633. The summed E-state index contributed by atoms with van der Waals surface area (Å²) < 4.78 is 5.46. The number of aryl methyl sites for hydroxylation is 1. The number of ether oxygens (including phenoxy) is 1. The van der Waals surface area contributed by atoms with Gasteiger partial charge in [0.05, 0.1) is 6.26 Å². The molecule has 0 atom stereocenters. The predicted molar refractivity (Wildman–Crippen MR) is 85.3 cm³/mol. The number of carbonyl (C=O) groups excluding carboxylic acids is 1. The monoisotopic (exact) mass is 281 g/mol. The van der Waals surface area contributed by atoms with Gasteiger partial charge in [0.25, 0.3) is 5.91 Å². The Morgan fingerprint density at radius 3 is 2.48 bits per heavy atom. The van der Waals surface area contributed by atoms with Crippen LogP contribution in [0, 0.1) is 0 Å². The smallest absolute Gasteiger partial charge is 0.254 e. The second-order valence-corrected chi connectivity index (χ2v) is 4.70. The van der Waals surface area contributed by atoms with E-state index in [-0.39, 0.29) is 5.91 Å². The van der Waals surface area contributed by atoms with Crippen LogP contribution < -0.4 is 10.1 Å². The minimum atomic E-state index is -0.160. The molecule has 0 fully saturated rings. The summed E-state index contributed by atoms with van der Waals surface area (Å²) >= 11 is 0. The molecule has 0 spiro atoms. The Morgan fingerprint density at radius 2 is 1.76 bits per heavy atom. The Labute approximate surface area is 125 Å². The van der Waals surface area contributed by atoms with Crippen molar-refractivity contribution in [1.29, 1.82) is 0 Å². The Morgan fingerprint density at radius 1 is 1.10 bits per heavy atom. The number of para-hydroxylation sites is 2. The van der Waals surface area contributed by atoms with E-state index in [0.29, 0.717) is 11.3 Å². The molecule has 2 aromatic carbocycles. The average molecular weight is 281 g/mol. The number of hydrogen-bond donors (Lipinski definition) is 1. The maximum atomic E-state index is 12.1. The van der Waals surface area contributed by atoms with Crippen molar-refractivity contribution in [3.63, 3.8) is 0 Å². The molecule has 0 heterocycles.